The van der Waals surface area contributed by atoms with Gasteiger partial charge in [-0.3, -0.25) is 4.79 Å². The van der Waals surface area contributed by atoms with Crippen LogP contribution in [0.4, 0.5) is 0 Å². The Balaban J connectivity index is 2.90. The largest absolute Gasteiger partial charge is 0.295 e. The van der Waals surface area contributed by atoms with Crippen molar-refractivity contribution >= 4 is 5.78 Å². The average molecular weight is 152 g/mol. The normalized spacial score (nSPS) is 27.2. The zero-order valence-corrected chi connectivity index (χ0v) is 7.61. The third-order valence-corrected chi connectivity index (χ3v) is 2.79. The third-order valence-electron chi connectivity index (χ3n) is 2.79. The summed E-state index contributed by atoms with van der Waals surface area (Å²) in [4.78, 5) is 11.3. The maximum absolute atomic E-state index is 11.3. The smallest absolute Gasteiger partial charge is 0.158 e. The van der Waals surface area contributed by atoms with Gasteiger partial charge in [0, 0.05) is 6.42 Å². The van der Waals surface area contributed by atoms with Crippen molar-refractivity contribution in [3.8, 4) is 0 Å². The van der Waals surface area contributed by atoms with E-state index in [0.717, 1.165) is 18.4 Å². The molecular formula is C10H16O. The second-order valence-electron chi connectivity index (χ2n) is 3.52. The fraction of sp³-hybridized carbons (Fsp3) is 0.700. The van der Waals surface area contributed by atoms with E-state index >= 15 is 0 Å². The second kappa shape index (κ2) is 3.21. The first-order chi connectivity index (χ1) is 5.13. The molecule has 0 N–H and O–H groups in total. The summed E-state index contributed by atoms with van der Waals surface area (Å²) in [6.07, 6.45) is 3.00. The van der Waals surface area contributed by atoms with Crippen molar-refractivity contribution in [1.29, 1.82) is 0 Å². The lowest BCUT2D eigenvalue weighted by Crippen LogP contribution is -2.00. The van der Waals surface area contributed by atoms with Crippen LogP contribution in [-0.2, 0) is 4.79 Å². The zero-order valence-electron chi connectivity index (χ0n) is 7.61. The third kappa shape index (κ3) is 1.70. The molecule has 0 aromatic carbocycles. The fourth-order valence-corrected chi connectivity index (χ4v) is 1.56. The Kier molecular flexibility index (Phi) is 2.48. The highest BCUT2D eigenvalue weighted by molar-refractivity contribution is 5.95. The Morgan fingerprint density at radius 2 is 2.00 bits per heavy atom. The Bertz CT molecular complexity index is 201. The van der Waals surface area contributed by atoms with Crippen LogP contribution in [0.15, 0.2) is 11.1 Å². The van der Waals surface area contributed by atoms with E-state index in [-0.39, 0.29) is 0 Å². The fourth-order valence-electron chi connectivity index (χ4n) is 1.56. The molecule has 0 aliphatic heterocycles. The van der Waals surface area contributed by atoms with Crippen LogP contribution in [0.5, 0.6) is 0 Å². The van der Waals surface area contributed by atoms with Crippen molar-refractivity contribution in [3.05, 3.63) is 11.1 Å². The molecule has 1 aliphatic rings. The minimum Gasteiger partial charge on any atom is -0.295 e. The van der Waals surface area contributed by atoms with E-state index in [1.54, 1.807) is 0 Å². The van der Waals surface area contributed by atoms with Crippen LogP contribution in [0.1, 0.15) is 40.0 Å². The highest BCUT2D eigenvalue weighted by Gasteiger charge is 2.16. The lowest BCUT2D eigenvalue weighted by atomic mass is 9.96. The molecule has 0 aromatic heterocycles. The van der Waals surface area contributed by atoms with E-state index in [9.17, 15) is 4.79 Å². The maximum Gasteiger partial charge on any atom is 0.158 e. The summed E-state index contributed by atoms with van der Waals surface area (Å²) in [7, 11) is 0. The van der Waals surface area contributed by atoms with Gasteiger partial charge in [-0.1, -0.05) is 12.5 Å². The molecule has 1 aliphatic carbocycles. The van der Waals surface area contributed by atoms with Crippen LogP contribution in [0.2, 0.25) is 0 Å². The summed E-state index contributed by atoms with van der Waals surface area (Å²) in [5, 5.41) is 0. The van der Waals surface area contributed by atoms with Crippen molar-refractivity contribution < 1.29 is 4.79 Å². The minimum absolute atomic E-state index is 0.354. The van der Waals surface area contributed by atoms with Crippen LogP contribution < -0.4 is 0 Å². The number of allylic oxidation sites excluding steroid dienone is 2. The van der Waals surface area contributed by atoms with Gasteiger partial charge < -0.3 is 0 Å². The quantitative estimate of drug-likeness (QED) is 0.521. The average Bonchev–Trinajstić information content (AvgIpc) is 2.07. The monoisotopic (exact) mass is 152 g/mol. The van der Waals surface area contributed by atoms with Crippen molar-refractivity contribution in [2.45, 2.75) is 40.0 Å². The molecule has 11 heavy (non-hydrogen) atoms. The molecule has 0 fully saturated rings. The summed E-state index contributed by atoms with van der Waals surface area (Å²) in [5.74, 6) is 0.966. The molecule has 1 rings (SSSR count). The van der Waals surface area contributed by atoms with E-state index in [0.29, 0.717) is 11.7 Å². The molecule has 0 heterocycles. The number of hydrogen-bond donors (Lipinski definition) is 0. The number of Topliss-reactive ketones (excluding diaryl/α,β-unsaturated/α-hetero) is 1. The number of hydrogen-bond acceptors (Lipinski definition) is 1. The first kappa shape index (κ1) is 8.51. The molecule has 0 amide bonds. The standard InChI is InChI=1S/C10H16O/c1-7-5-4-6-10(11)9(3)8(7)2/h7H,4-6H2,1-3H3. The molecule has 0 aromatic rings. The predicted octanol–water partition coefficient (Wildman–Crippen LogP) is 2.71. The summed E-state index contributed by atoms with van der Waals surface area (Å²) < 4.78 is 0. The van der Waals surface area contributed by atoms with Crippen LogP contribution in [0.25, 0.3) is 0 Å². The van der Waals surface area contributed by atoms with Gasteiger partial charge in [0.25, 0.3) is 0 Å². The van der Waals surface area contributed by atoms with Gasteiger partial charge in [0.1, 0.15) is 0 Å². The van der Waals surface area contributed by atoms with E-state index < -0.39 is 0 Å². The molecule has 1 nitrogen and oxygen atoms in total. The SMILES string of the molecule is CC1=C(C)C(C)CCCC1=O. The van der Waals surface area contributed by atoms with Crippen LogP contribution in [-0.4, -0.2) is 5.78 Å². The molecule has 0 bridgehead atoms. The molecule has 0 radical (unpaired) electrons. The van der Waals surface area contributed by atoms with Gasteiger partial charge in [0.05, 0.1) is 0 Å². The first-order valence-corrected chi connectivity index (χ1v) is 4.33. The number of carbonyl (C=O) groups excluding carboxylic acids is 1. The number of ketones is 1. The van der Waals surface area contributed by atoms with Crippen molar-refractivity contribution in [2.75, 3.05) is 0 Å². The number of rotatable bonds is 0. The molecule has 0 spiro atoms. The maximum atomic E-state index is 11.3. The topological polar surface area (TPSA) is 17.1 Å². The summed E-state index contributed by atoms with van der Waals surface area (Å²) in [6.45, 7) is 6.25. The molecule has 62 valence electrons. The molecule has 1 heteroatoms. The lowest BCUT2D eigenvalue weighted by molar-refractivity contribution is -0.115. The van der Waals surface area contributed by atoms with Gasteiger partial charge in [-0.15, -0.1) is 0 Å². The van der Waals surface area contributed by atoms with Gasteiger partial charge in [-0.05, 0) is 38.2 Å². The van der Waals surface area contributed by atoms with Gasteiger partial charge >= 0.3 is 0 Å². The lowest BCUT2D eigenvalue weighted by Gasteiger charge is -2.09. The van der Waals surface area contributed by atoms with Gasteiger partial charge in [-0.2, -0.15) is 0 Å². The van der Waals surface area contributed by atoms with Gasteiger partial charge in [0.2, 0.25) is 0 Å². The van der Waals surface area contributed by atoms with Crippen molar-refractivity contribution in [1.82, 2.24) is 0 Å². The van der Waals surface area contributed by atoms with E-state index in [2.05, 4.69) is 13.8 Å². The summed E-state index contributed by atoms with van der Waals surface area (Å²) in [5.41, 5.74) is 2.31. The van der Waals surface area contributed by atoms with E-state index in [1.165, 1.54) is 12.0 Å². The summed E-state index contributed by atoms with van der Waals surface area (Å²) in [6, 6.07) is 0. The Morgan fingerprint density at radius 1 is 1.36 bits per heavy atom. The van der Waals surface area contributed by atoms with Crippen LogP contribution in [0, 0.1) is 5.92 Å². The van der Waals surface area contributed by atoms with Gasteiger partial charge in [-0.25, -0.2) is 0 Å². The van der Waals surface area contributed by atoms with E-state index in [4.69, 9.17) is 0 Å². The van der Waals surface area contributed by atoms with Crippen LogP contribution >= 0.6 is 0 Å². The highest BCUT2D eigenvalue weighted by Crippen LogP contribution is 2.25. The molecular weight excluding hydrogens is 136 g/mol. The molecule has 1 atom stereocenters. The Labute approximate surface area is 68.5 Å². The molecule has 0 saturated carbocycles. The first-order valence-electron chi connectivity index (χ1n) is 4.33. The predicted molar refractivity (Wildman–Crippen MR) is 46.4 cm³/mol. The highest BCUT2D eigenvalue weighted by atomic mass is 16.1. The molecule has 0 saturated heterocycles. The van der Waals surface area contributed by atoms with Crippen molar-refractivity contribution in [2.24, 2.45) is 5.92 Å². The molecule has 1 unspecified atom stereocenters. The minimum atomic E-state index is 0.354. The van der Waals surface area contributed by atoms with Crippen LogP contribution in [0.3, 0.4) is 0 Å². The Morgan fingerprint density at radius 3 is 2.64 bits per heavy atom. The summed E-state index contributed by atoms with van der Waals surface area (Å²) >= 11 is 0. The second-order valence-corrected chi connectivity index (χ2v) is 3.52. The van der Waals surface area contributed by atoms with Gasteiger partial charge in [0.15, 0.2) is 5.78 Å². The Hall–Kier alpha value is -0.590. The van der Waals surface area contributed by atoms with E-state index in [1.807, 2.05) is 6.92 Å². The van der Waals surface area contributed by atoms with Crippen molar-refractivity contribution in [3.63, 3.8) is 0 Å². The zero-order chi connectivity index (χ0) is 8.43. The number of carbonyl (C=O) groups is 1.